The molecule has 16 heavy (non-hydrogen) atoms. The minimum absolute atomic E-state index is 0.466. The SMILES string of the molecule is Fc1ccc(-c2n[nH]c3c2CNCC3)cn1. The fourth-order valence-corrected chi connectivity index (χ4v) is 1.98. The third-order valence-electron chi connectivity index (χ3n) is 2.81. The molecule has 1 aliphatic rings. The maximum Gasteiger partial charge on any atom is 0.212 e. The summed E-state index contributed by atoms with van der Waals surface area (Å²) in [5.41, 5.74) is 4.05. The van der Waals surface area contributed by atoms with Gasteiger partial charge in [-0.3, -0.25) is 5.10 Å². The molecule has 0 bridgehead atoms. The number of H-pyrrole nitrogens is 1. The van der Waals surface area contributed by atoms with Gasteiger partial charge in [0.05, 0.1) is 5.69 Å². The third kappa shape index (κ3) is 1.49. The standard InChI is InChI=1S/C11H11FN4/c12-10-2-1-7(5-14-10)11-8-6-13-4-3-9(8)15-16-11/h1-2,5,13H,3-4,6H2,(H,15,16). The second-order valence-electron chi connectivity index (χ2n) is 3.83. The van der Waals surface area contributed by atoms with Gasteiger partial charge in [0.25, 0.3) is 0 Å². The van der Waals surface area contributed by atoms with Crippen molar-refractivity contribution in [1.29, 1.82) is 0 Å². The number of hydrogen-bond donors (Lipinski definition) is 2. The lowest BCUT2D eigenvalue weighted by Crippen LogP contribution is -2.23. The Bertz CT molecular complexity index is 503. The number of nitrogens with one attached hydrogen (secondary N) is 2. The summed E-state index contributed by atoms with van der Waals surface area (Å²) in [6.45, 7) is 1.77. The third-order valence-corrected chi connectivity index (χ3v) is 2.81. The first-order chi connectivity index (χ1) is 7.84. The van der Waals surface area contributed by atoms with Gasteiger partial charge in [0.15, 0.2) is 0 Å². The molecule has 0 aromatic carbocycles. The van der Waals surface area contributed by atoms with Gasteiger partial charge in [-0.05, 0) is 12.1 Å². The van der Waals surface area contributed by atoms with E-state index in [-0.39, 0.29) is 0 Å². The van der Waals surface area contributed by atoms with Crippen LogP contribution in [-0.4, -0.2) is 21.7 Å². The highest BCUT2D eigenvalue weighted by Crippen LogP contribution is 2.24. The molecule has 2 aromatic rings. The van der Waals surface area contributed by atoms with Crippen LogP contribution in [0.1, 0.15) is 11.3 Å². The van der Waals surface area contributed by atoms with E-state index in [2.05, 4.69) is 20.5 Å². The topological polar surface area (TPSA) is 53.6 Å². The first-order valence-electron chi connectivity index (χ1n) is 5.23. The van der Waals surface area contributed by atoms with Crippen LogP contribution in [0.4, 0.5) is 4.39 Å². The number of aromatic amines is 1. The van der Waals surface area contributed by atoms with Gasteiger partial charge in [0.1, 0.15) is 0 Å². The second kappa shape index (κ2) is 3.68. The largest absolute Gasteiger partial charge is 0.312 e. The van der Waals surface area contributed by atoms with E-state index in [1.165, 1.54) is 17.8 Å². The van der Waals surface area contributed by atoms with Crippen molar-refractivity contribution >= 4 is 0 Å². The zero-order chi connectivity index (χ0) is 11.0. The predicted octanol–water partition coefficient (Wildman–Crippen LogP) is 1.26. The van der Waals surface area contributed by atoms with E-state index < -0.39 is 5.95 Å². The van der Waals surface area contributed by atoms with Crippen molar-refractivity contribution in [2.45, 2.75) is 13.0 Å². The van der Waals surface area contributed by atoms with Crippen molar-refractivity contribution < 1.29 is 4.39 Å². The maximum atomic E-state index is 12.7. The molecule has 82 valence electrons. The Morgan fingerprint density at radius 1 is 1.31 bits per heavy atom. The highest BCUT2D eigenvalue weighted by atomic mass is 19.1. The average molecular weight is 218 g/mol. The fraction of sp³-hybridized carbons (Fsp3) is 0.273. The van der Waals surface area contributed by atoms with Crippen molar-refractivity contribution in [3.8, 4) is 11.3 Å². The Morgan fingerprint density at radius 3 is 3.06 bits per heavy atom. The van der Waals surface area contributed by atoms with Crippen molar-refractivity contribution in [1.82, 2.24) is 20.5 Å². The van der Waals surface area contributed by atoms with Crippen LogP contribution >= 0.6 is 0 Å². The van der Waals surface area contributed by atoms with Crippen molar-refractivity contribution in [2.75, 3.05) is 6.54 Å². The van der Waals surface area contributed by atoms with Crippen LogP contribution in [0, 0.1) is 5.95 Å². The molecule has 3 heterocycles. The lowest BCUT2D eigenvalue weighted by atomic mass is 10.0. The van der Waals surface area contributed by atoms with E-state index in [0.29, 0.717) is 0 Å². The summed E-state index contributed by atoms with van der Waals surface area (Å²) in [7, 11) is 0. The molecule has 0 saturated carbocycles. The van der Waals surface area contributed by atoms with Gasteiger partial charge in [-0.1, -0.05) is 0 Å². The molecular weight excluding hydrogens is 207 g/mol. The normalized spacial score (nSPS) is 14.8. The molecule has 0 radical (unpaired) electrons. The summed E-state index contributed by atoms with van der Waals surface area (Å²) in [4.78, 5) is 3.64. The van der Waals surface area contributed by atoms with Gasteiger partial charge in [0.2, 0.25) is 5.95 Å². The van der Waals surface area contributed by atoms with Crippen LogP contribution in [0.2, 0.25) is 0 Å². The maximum absolute atomic E-state index is 12.7. The molecule has 1 aliphatic heterocycles. The second-order valence-corrected chi connectivity index (χ2v) is 3.83. The predicted molar refractivity (Wildman–Crippen MR) is 57.2 cm³/mol. The van der Waals surface area contributed by atoms with Crippen LogP contribution in [0.25, 0.3) is 11.3 Å². The van der Waals surface area contributed by atoms with Gasteiger partial charge in [-0.25, -0.2) is 4.98 Å². The number of aromatic nitrogens is 3. The molecule has 0 unspecified atom stereocenters. The molecular formula is C11H11FN4. The Morgan fingerprint density at radius 2 is 2.25 bits per heavy atom. The van der Waals surface area contributed by atoms with Gasteiger partial charge in [-0.15, -0.1) is 0 Å². The molecule has 0 saturated heterocycles. The lowest BCUT2D eigenvalue weighted by Gasteiger charge is -2.12. The van der Waals surface area contributed by atoms with Gasteiger partial charge >= 0.3 is 0 Å². The molecule has 0 fully saturated rings. The van der Waals surface area contributed by atoms with E-state index in [1.807, 2.05) is 0 Å². The minimum Gasteiger partial charge on any atom is -0.312 e. The van der Waals surface area contributed by atoms with Crippen LogP contribution in [0.5, 0.6) is 0 Å². The molecule has 5 heteroatoms. The Hall–Kier alpha value is -1.75. The van der Waals surface area contributed by atoms with E-state index in [4.69, 9.17) is 0 Å². The van der Waals surface area contributed by atoms with E-state index in [9.17, 15) is 4.39 Å². The summed E-state index contributed by atoms with van der Waals surface area (Å²) in [6, 6.07) is 3.06. The summed E-state index contributed by atoms with van der Waals surface area (Å²) >= 11 is 0. The molecule has 4 nitrogen and oxygen atoms in total. The molecule has 0 aliphatic carbocycles. The average Bonchev–Trinajstić information content (AvgIpc) is 2.74. The Kier molecular flexibility index (Phi) is 2.18. The minimum atomic E-state index is -0.466. The number of nitrogens with zero attached hydrogens (tertiary/aromatic N) is 2. The lowest BCUT2D eigenvalue weighted by molar-refractivity contribution is 0.584. The first kappa shape index (κ1) is 9.47. The van der Waals surface area contributed by atoms with Gasteiger partial charge in [0, 0.05) is 42.5 Å². The number of halogens is 1. The zero-order valence-electron chi connectivity index (χ0n) is 8.63. The van der Waals surface area contributed by atoms with Crippen LogP contribution < -0.4 is 5.32 Å². The molecule has 2 aromatic heterocycles. The van der Waals surface area contributed by atoms with E-state index >= 15 is 0 Å². The highest BCUT2D eigenvalue weighted by molar-refractivity contribution is 5.63. The summed E-state index contributed by atoms with van der Waals surface area (Å²) in [5.74, 6) is -0.466. The van der Waals surface area contributed by atoms with Gasteiger partial charge in [-0.2, -0.15) is 9.49 Å². The summed E-state index contributed by atoms with van der Waals surface area (Å²) in [5, 5.41) is 10.6. The fourth-order valence-electron chi connectivity index (χ4n) is 1.98. The van der Waals surface area contributed by atoms with Gasteiger partial charge < -0.3 is 5.32 Å². The molecule has 0 atom stereocenters. The Balaban J connectivity index is 2.06. The first-order valence-corrected chi connectivity index (χ1v) is 5.23. The highest BCUT2D eigenvalue weighted by Gasteiger charge is 2.17. The van der Waals surface area contributed by atoms with Crippen LogP contribution in [0.3, 0.4) is 0 Å². The number of rotatable bonds is 1. The number of pyridine rings is 1. The molecule has 0 amide bonds. The molecule has 3 rings (SSSR count). The quantitative estimate of drug-likeness (QED) is 0.708. The van der Waals surface area contributed by atoms with Crippen LogP contribution in [-0.2, 0) is 13.0 Å². The van der Waals surface area contributed by atoms with Crippen molar-refractivity contribution in [2.24, 2.45) is 0 Å². The van der Waals surface area contributed by atoms with Crippen molar-refractivity contribution in [3.63, 3.8) is 0 Å². The summed E-state index contributed by atoms with van der Waals surface area (Å²) in [6.07, 6.45) is 2.47. The van der Waals surface area contributed by atoms with E-state index in [0.717, 1.165) is 36.5 Å². The number of hydrogen-bond acceptors (Lipinski definition) is 3. The van der Waals surface area contributed by atoms with Crippen molar-refractivity contribution in [3.05, 3.63) is 35.5 Å². The molecule has 0 spiro atoms. The van der Waals surface area contributed by atoms with E-state index in [1.54, 1.807) is 6.07 Å². The molecule has 2 N–H and O–H groups in total. The smallest absolute Gasteiger partial charge is 0.212 e. The monoisotopic (exact) mass is 218 g/mol. The zero-order valence-corrected chi connectivity index (χ0v) is 8.63. The number of fused-ring (bicyclic) bond motifs is 1. The summed E-state index contributed by atoms with van der Waals surface area (Å²) < 4.78 is 12.7. The Labute approximate surface area is 91.9 Å². The van der Waals surface area contributed by atoms with Crippen LogP contribution in [0.15, 0.2) is 18.3 Å².